The number of likely N-dealkylation sites (N-methyl/N-ethyl adjacent to an activating group) is 6. The van der Waals surface area contributed by atoms with Crippen LogP contribution in [0.15, 0.2) is 0 Å². The third-order valence-corrected chi connectivity index (χ3v) is 24.3. The van der Waals surface area contributed by atoms with Gasteiger partial charge in [-0.1, -0.05) is 59.8 Å². The molecule has 0 aromatic heterocycles. The normalized spacial score (nSPS) is 30.2. The summed E-state index contributed by atoms with van der Waals surface area (Å²) >= 11 is 6.39. The van der Waals surface area contributed by atoms with Crippen molar-refractivity contribution in [3.63, 3.8) is 0 Å². The molecule has 7 rings (SSSR count). The van der Waals surface area contributed by atoms with Crippen LogP contribution in [-0.4, -0.2) is 289 Å². The van der Waals surface area contributed by atoms with E-state index in [-0.39, 0.29) is 141 Å². The van der Waals surface area contributed by atoms with Gasteiger partial charge in [0.1, 0.15) is 47.8 Å². The fourth-order valence-corrected chi connectivity index (χ4v) is 17.6. The molecule has 606 valence electrons. The van der Waals surface area contributed by atoms with Crippen LogP contribution in [0.3, 0.4) is 0 Å². The first-order chi connectivity index (χ1) is 50.3. The van der Waals surface area contributed by atoms with Crippen molar-refractivity contribution < 1.29 is 93.0 Å². The highest BCUT2D eigenvalue weighted by Gasteiger charge is 2.53. The molecule has 0 aromatic carbocycles. The lowest BCUT2D eigenvalue weighted by molar-refractivity contribution is -0.184. The zero-order valence-electron chi connectivity index (χ0n) is 64.1. The number of ether oxygens (including phenoxy) is 1. The molecule has 7 fully saturated rings. The standard InChI is InChI=1S/C74H116ClF7N12O13/c1-11-46(4)62-69(104)88(7)43-60(97)86(5)44-61(98)93(33-17-31-76)57(40-48-21-25-50(26-22-48)73(77,78)79)67(102)87(6)42-58(95)83-53(28-24-47-23-27-51(52(75)39-47)74(80,81)82)66(101)94-32-16-20-54(94)65(100)85-72(29-14-15-30-72)71(106)91(10)63(49-18-12-13-19-49)70(105)90(9)56(68(103)92-34-36-107-37-35-92)41-59(96)89(8)55(38-45(2)3)64(99)84-62/h45-57,62-63H,11-44H2,1-10H3,(H,83,95)(H,84,99)(H,85,100)/t46-,47?,48?,50?,51?,52?,53-,54-,55-,56-,57-,62-,63-/m0/s1. The number of amides is 12. The minimum Gasteiger partial charge on any atom is -0.378 e. The largest absolute Gasteiger partial charge is 0.393 e. The Morgan fingerprint density at radius 2 is 1.24 bits per heavy atom. The van der Waals surface area contributed by atoms with Gasteiger partial charge < -0.3 is 64.8 Å². The van der Waals surface area contributed by atoms with Crippen molar-refractivity contribution in [3.05, 3.63) is 0 Å². The maximum absolute atomic E-state index is 15.7. The molecular weight excluding hydrogens is 1430 g/mol. The van der Waals surface area contributed by atoms with E-state index in [0.717, 1.165) is 19.6 Å². The molecule has 0 radical (unpaired) electrons. The number of morpholine rings is 1. The number of carbonyl (C=O) groups excluding carboxylic acids is 12. The summed E-state index contributed by atoms with van der Waals surface area (Å²) in [6.45, 7) is 3.95. The second-order valence-corrected chi connectivity index (χ2v) is 32.4. The Bertz CT molecular complexity index is 3110. The van der Waals surface area contributed by atoms with Gasteiger partial charge in [-0.2, -0.15) is 26.3 Å². The molecule has 3 saturated heterocycles. The van der Waals surface area contributed by atoms with E-state index >= 15 is 33.6 Å². The molecule has 12 amide bonds. The van der Waals surface area contributed by atoms with E-state index in [2.05, 4.69) is 16.0 Å². The molecule has 4 saturated carbocycles. The van der Waals surface area contributed by atoms with Crippen LogP contribution in [-0.2, 0) is 62.3 Å². The van der Waals surface area contributed by atoms with Crippen LogP contribution >= 0.6 is 11.6 Å². The van der Waals surface area contributed by atoms with Gasteiger partial charge in [0.15, 0.2) is 0 Å². The van der Waals surface area contributed by atoms with E-state index < -0.39 is 211 Å². The van der Waals surface area contributed by atoms with Crippen molar-refractivity contribution in [1.82, 2.24) is 60.0 Å². The molecule has 0 aromatic rings. The summed E-state index contributed by atoms with van der Waals surface area (Å²) in [6.07, 6.45) is -7.04. The molecule has 4 aliphatic carbocycles. The fraction of sp³-hybridized carbons (Fsp3) is 0.838. The predicted molar refractivity (Wildman–Crippen MR) is 381 cm³/mol. The molecule has 11 atom stereocenters. The summed E-state index contributed by atoms with van der Waals surface area (Å²) in [6, 6.07) is -9.60. The lowest BCUT2D eigenvalue weighted by Gasteiger charge is -2.42. The highest BCUT2D eigenvalue weighted by atomic mass is 35.5. The number of alkyl halides is 8. The lowest BCUT2D eigenvalue weighted by Crippen LogP contribution is -2.65. The van der Waals surface area contributed by atoms with E-state index in [0.29, 0.717) is 44.9 Å². The first-order valence-corrected chi connectivity index (χ1v) is 39.0. The average Bonchev–Trinajstić information content (AvgIpc) is 1.63. The monoisotopic (exact) mass is 1550 g/mol. The zero-order chi connectivity index (χ0) is 79.2. The third kappa shape index (κ3) is 22.6. The quantitative estimate of drug-likeness (QED) is 0.125. The van der Waals surface area contributed by atoms with Crippen molar-refractivity contribution in [2.45, 2.75) is 247 Å². The van der Waals surface area contributed by atoms with Gasteiger partial charge in [0.05, 0.1) is 57.8 Å². The molecule has 1 spiro atoms. The number of carbonyl (C=O) groups is 12. The van der Waals surface area contributed by atoms with Gasteiger partial charge in [-0.15, -0.1) is 11.6 Å². The summed E-state index contributed by atoms with van der Waals surface area (Å²) in [5.74, 6) is -14.9. The minimum absolute atomic E-state index is 0.0224. The van der Waals surface area contributed by atoms with Gasteiger partial charge in [-0.3, -0.25) is 61.9 Å². The van der Waals surface area contributed by atoms with Gasteiger partial charge in [0.2, 0.25) is 70.9 Å². The van der Waals surface area contributed by atoms with Crippen LogP contribution in [0.2, 0.25) is 0 Å². The molecule has 3 heterocycles. The maximum Gasteiger partial charge on any atom is 0.393 e. The van der Waals surface area contributed by atoms with E-state index in [1.165, 1.54) is 66.8 Å². The van der Waals surface area contributed by atoms with Gasteiger partial charge in [-0.05, 0) is 145 Å². The first kappa shape index (κ1) is 87.6. The minimum atomic E-state index is -4.57. The van der Waals surface area contributed by atoms with Crippen LogP contribution < -0.4 is 16.0 Å². The zero-order valence-corrected chi connectivity index (χ0v) is 64.8. The molecule has 33 heteroatoms. The first-order valence-electron chi connectivity index (χ1n) is 38.6. The van der Waals surface area contributed by atoms with Crippen LogP contribution in [0.1, 0.15) is 182 Å². The Morgan fingerprint density at radius 1 is 0.626 bits per heavy atom. The van der Waals surface area contributed by atoms with E-state index in [1.807, 2.05) is 13.8 Å². The number of hydrogen-bond donors (Lipinski definition) is 3. The van der Waals surface area contributed by atoms with Gasteiger partial charge in [-0.25, -0.2) is 0 Å². The summed E-state index contributed by atoms with van der Waals surface area (Å²) in [7, 11) is 8.01. The predicted octanol–water partition coefficient (Wildman–Crippen LogP) is 6.46. The number of halogens is 8. The van der Waals surface area contributed by atoms with Crippen molar-refractivity contribution in [1.29, 1.82) is 0 Å². The van der Waals surface area contributed by atoms with Crippen molar-refractivity contribution in [3.8, 4) is 0 Å². The average molecular weight is 1550 g/mol. The molecular formula is C74H116ClF7N12O13. The maximum atomic E-state index is 15.7. The summed E-state index contributed by atoms with van der Waals surface area (Å²) in [5, 5.41) is 7.31. The van der Waals surface area contributed by atoms with E-state index in [1.54, 1.807) is 13.8 Å². The highest BCUT2D eigenvalue weighted by Crippen LogP contribution is 2.45. The number of nitrogens with one attached hydrogen (secondary N) is 3. The third-order valence-electron chi connectivity index (χ3n) is 23.8. The van der Waals surface area contributed by atoms with Gasteiger partial charge >= 0.3 is 12.4 Å². The number of rotatable bonds is 14. The molecule has 3 aliphatic heterocycles. The lowest BCUT2D eigenvalue weighted by atomic mass is 9.78. The molecule has 3 unspecified atom stereocenters. The van der Waals surface area contributed by atoms with Crippen LogP contribution in [0.4, 0.5) is 30.7 Å². The molecule has 3 N–H and O–H groups in total. The van der Waals surface area contributed by atoms with Crippen molar-refractivity contribution in [2.24, 2.45) is 41.4 Å². The second kappa shape index (κ2) is 38.8. The Hall–Kier alpha value is -6.60. The van der Waals surface area contributed by atoms with Crippen molar-refractivity contribution >= 4 is 82.5 Å². The number of hydrogen-bond acceptors (Lipinski definition) is 13. The molecule has 0 bridgehead atoms. The summed E-state index contributed by atoms with van der Waals surface area (Å²) in [4.78, 5) is 191. The van der Waals surface area contributed by atoms with Gasteiger partial charge in [0.25, 0.3) is 0 Å². The van der Waals surface area contributed by atoms with Crippen LogP contribution in [0.5, 0.6) is 0 Å². The Kier molecular flexibility index (Phi) is 31.8. The smallest absolute Gasteiger partial charge is 0.378 e. The Balaban J connectivity index is 1.30. The summed E-state index contributed by atoms with van der Waals surface area (Å²) < 4.78 is 104. The topological polar surface area (TPSA) is 279 Å². The van der Waals surface area contributed by atoms with Crippen molar-refractivity contribution in [2.75, 3.05) is 108 Å². The van der Waals surface area contributed by atoms with E-state index in [9.17, 15) is 54.7 Å². The Morgan fingerprint density at radius 3 is 1.83 bits per heavy atom. The van der Waals surface area contributed by atoms with Crippen LogP contribution in [0.25, 0.3) is 0 Å². The number of fused-ring (bicyclic) bond motifs is 1. The summed E-state index contributed by atoms with van der Waals surface area (Å²) in [5.41, 5.74) is -1.63. The second-order valence-electron chi connectivity index (χ2n) is 31.8. The fourth-order valence-electron chi connectivity index (χ4n) is 17.0. The number of nitrogens with zero attached hydrogens (tertiary/aromatic N) is 9. The van der Waals surface area contributed by atoms with E-state index in [4.69, 9.17) is 16.3 Å². The Labute approximate surface area is 629 Å². The molecule has 7 aliphatic rings. The SMILES string of the molecule is CC[C@H](C)[C@@H]1NC(=O)[C@H](CC(C)C)N(C)C(=O)C[C@@H](C(=O)N2CCOCC2)N(C)C(=O)[C@H](C2CCCC2)N(C)C(=O)C2(CCCC2)NC(=O)[C@@H]2CCCN2C(=O)[C@H](CCC2CCC(C(F)(F)F)C(Cl)C2)NC(=O)CN(C)C(=O)[C@H](CC2CCC(C(F)(F)F)CC2)N(CCCF)C(=O)CN(C)C(=O)CN(C)C1=O. The molecule has 25 nitrogen and oxygen atoms in total. The van der Waals surface area contributed by atoms with Gasteiger partial charge in [0, 0.05) is 73.8 Å². The highest BCUT2D eigenvalue weighted by molar-refractivity contribution is 6.21. The van der Waals surface area contributed by atoms with Crippen LogP contribution in [0, 0.1) is 41.4 Å². The molecule has 107 heavy (non-hydrogen) atoms.